The van der Waals surface area contributed by atoms with E-state index in [1.54, 1.807) is 0 Å². The van der Waals surface area contributed by atoms with Gasteiger partial charge in [0.2, 0.25) is 0 Å². The van der Waals surface area contributed by atoms with Crippen LogP contribution in [0.5, 0.6) is 0 Å². The van der Waals surface area contributed by atoms with Gasteiger partial charge in [-0.2, -0.15) is 8.78 Å². The topological polar surface area (TPSA) is 0 Å². The maximum Gasteiger partial charge on any atom is 0.266 e. The van der Waals surface area contributed by atoms with Crippen LogP contribution in [-0.4, -0.2) is 0 Å². The minimum atomic E-state index is -1.60. The smallest absolute Gasteiger partial charge is 0.174 e. The molecule has 0 nitrogen and oxygen atoms in total. The summed E-state index contributed by atoms with van der Waals surface area (Å²) in [5.74, 6) is -0.0138. The highest BCUT2D eigenvalue weighted by Gasteiger charge is 2.13. The van der Waals surface area contributed by atoms with Crippen LogP contribution in [0.3, 0.4) is 0 Å². The molecule has 0 aromatic heterocycles. The van der Waals surface area contributed by atoms with Crippen molar-refractivity contribution in [3.05, 3.63) is 48.1 Å². The molecule has 0 bridgehead atoms. The van der Waals surface area contributed by atoms with Crippen LogP contribution in [0, 0.1) is 5.92 Å². The normalized spacial score (nSPS) is 12.6. The number of hydrogen-bond donors (Lipinski definition) is 0. The van der Waals surface area contributed by atoms with E-state index in [0.29, 0.717) is 0 Å². The van der Waals surface area contributed by atoms with Crippen LogP contribution >= 0.6 is 0 Å². The Morgan fingerprint density at radius 1 is 1.14 bits per heavy atom. The summed E-state index contributed by atoms with van der Waals surface area (Å²) in [5, 5.41) is 0. The fraction of sp³-hybridized carbons (Fsp3) is 0.333. The highest BCUT2D eigenvalue weighted by molar-refractivity contribution is 5.24. The third kappa shape index (κ3) is 2.95. The molecule has 0 aliphatic heterocycles. The van der Waals surface area contributed by atoms with E-state index in [1.807, 2.05) is 44.2 Å². The van der Waals surface area contributed by atoms with E-state index < -0.39 is 6.08 Å². The van der Waals surface area contributed by atoms with Crippen molar-refractivity contribution in [1.82, 2.24) is 0 Å². The number of hydrogen-bond acceptors (Lipinski definition) is 0. The Hall–Kier alpha value is -1.18. The molecule has 1 atom stereocenters. The van der Waals surface area contributed by atoms with Crippen LogP contribution < -0.4 is 0 Å². The monoisotopic (exact) mass is 196 g/mol. The zero-order chi connectivity index (χ0) is 10.6. The van der Waals surface area contributed by atoms with Crippen molar-refractivity contribution in [1.29, 1.82) is 0 Å². The lowest BCUT2D eigenvalue weighted by Gasteiger charge is -2.16. The highest BCUT2D eigenvalue weighted by atomic mass is 19.3. The van der Waals surface area contributed by atoms with Crippen LogP contribution in [0.4, 0.5) is 8.78 Å². The van der Waals surface area contributed by atoms with Gasteiger partial charge in [0.05, 0.1) is 0 Å². The molecule has 1 aromatic rings. The summed E-state index contributed by atoms with van der Waals surface area (Å²) in [7, 11) is 0. The van der Waals surface area contributed by atoms with E-state index in [4.69, 9.17) is 0 Å². The van der Waals surface area contributed by atoms with E-state index in [2.05, 4.69) is 0 Å². The quantitative estimate of drug-likeness (QED) is 0.679. The molecule has 0 saturated heterocycles. The zero-order valence-electron chi connectivity index (χ0n) is 8.37. The van der Waals surface area contributed by atoms with Gasteiger partial charge in [0.15, 0.2) is 0 Å². The third-order valence-electron chi connectivity index (χ3n) is 2.21. The second kappa shape index (κ2) is 4.89. The summed E-state index contributed by atoms with van der Waals surface area (Å²) >= 11 is 0. The lowest BCUT2D eigenvalue weighted by Crippen LogP contribution is -2.03. The van der Waals surface area contributed by atoms with Crippen molar-refractivity contribution >= 4 is 0 Å². The van der Waals surface area contributed by atoms with Crippen molar-refractivity contribution in [3.63, 3.8) is 0 Å². The van der Waals surface area contributed by atoms with Crippen LogP contribution in [0.2, 0.25) is 0 Å². The minimum Gasteiger partial charge on any atom is -0.174 e. The van der Waals surface area contributed by atoms with E-state index in [0.717, 1.165) is 11.6 Å². The summed E-state index contributed by atoms with van der Waals surface area (Å²) in [6.07, 6.45) is -0.576. The minimum absolute atomic E-state index is 0.180. The van der Waals surface area contributed by atoms with Gasteiger partial charge in [-0.1, -0.05) is 44.2 Å². The molecule has 0 N–H and O–H groups in total. The van der Waals surface area contributed by atoms with E-state index >= 15 is 0 Å². The predicted molar refractivity (Wildman–Crippen MR) is 54.3 cm³/mol. The maximum atomic E-state index is 12.2. The highest BCUT2D eigenvalue weighted by Crippen LogP contribution is 2.27. The van der Waals surface area contributed by atoms with Crippen LogP contribution in [0.25, 0.3) is 0 Å². The fourth-order valence-electron chi connectivity index (χ4n) is 1.48. The molecule has 0 aliphatic rings. The second-order valence-corrected chi connectivity index (χ2v) is 3.64. The standard InChI is InChI=1S/C12H14F2/c1-9(2)11(8-12(13)14)10-6-4-3-5-7-10/h3-9,11H,1-2H3. The van der Waals surface area contributed by atoms with Crippen LogP contribution in [0.1, 0.15) is 25.3 Å². The van der Waals surface area contributed by atoms with Crippen molar-refractivity contribution in [3.8, 4) is 0 Å². The Balaban J connectivity index is 2.95. The molecule has 0 saturated carbocycles. The molecule has 0 aliphatic carbocycles. The Labute approximate surface area is 83.3 Å². The molecular weight excluding hydrogens is 182 g/mol. The maximum absolute atomic E-state index is 12.2. The molecule has 1 rings (SSSR count). The molecular formula is C12H14F2. The van der Waals surface area contributed by atoms with Gasteiger partial charge in [0.25, 0.3) is 6.08 Å². The summed E-state index contributed by atoms with van der Waals surface area (Å²) < 4.78 is 24.4. The van der Waals surface area contributed by atoms with Gasteiger partial charge in [0.1, 0.15) is 0 Å². The van der Waals surface area contributed by atoms with E-state index in [-0.39, 0.29) is 11.8 Å². The van der Waals surface area contributed by atoms with Gasteiger partial charge in [0, 0.05) is 5.92 Å². The van der Waals surface area contributed by atoms with Crippen molar-refractivity contribution < 1.29 is 8.78 Å². The Bertz CT molecular complexity index is 297. The first-order valence-corrected chi connectivity index (χ1v) is 4.69. The van der Waals surface area contributed by atoms with Crippen LogP contribution in [-0.2, 0) is 0 Å². The first-order valence-electron chi connectivity index (χ1n) is 4.69. The summed E-state index contributed by atoms with van der Waals surface area (Å²) in [6, 6.07) is 9.38. The van der Waals surface area contributed by atoms with Gasteiger partial charge in [-0.3, -0.25) is 0 Å². The lowest BCUT2D eigenvalue weighted by molar-refractivity contribution is 0.407. The summed E-state index contributed by atoms with van der Waals surface area (Å²) in [6.45, 7) is 3.88. The van der Waals surface area contributed by atoms with Gasteiger partial charge in [-0.05, 0) is 17.6 Å². The first kappa shape index (κ1) is 10.9. The van der Waals surface area contributed by atoms with Gasteiger partial charge >= 0.3 is 0 Å². The number of allylic oxidation sites excluding steroid dienone is 1. The molecule has 0 heterocycles. The fourth-order valence-corrected chi connectivity index (χ4v) is 1.48. The van der Waals surface area contributed by atoms with Crippen molar-refractivity contribution in [2.45, 2.75) is 19.8 Å². The molecule has 0 fully saturated rings. The molecule has 1 unspecified atom stereocenters. The van der Waals surface area contributed by atoms with Crippen molar-refractivity contribution in [2.75, 3.05) is 0 Å². The average Bonchev–Trinajstić information content (AvgIpc) is 2.15. The zero-order valence-corrected chi connectivity index (χ0v) is 8.37. The molecule has 0 radical (unpaired) electrons. The average molecular weight is 196 g/mol. The molecule has 14 heavy (non-hydrogen) atoms. The van der Waals surface area contributed by atoms with Crippen molar-refractivity contribution in [2.24, 2.45) is 5.92 Å². The number of rotatable bonds is 3. The Morgan fingerprint density at radius 2 is 1.71 bits per heavy atom. The second-order valence-electron chi connectivity index (χ2n) is 3.64. The van der Waals surface area contributed by atoms with E-state index in [1.165, 1.54) is 0 Å². The van der Waals surface area contributed by atoms with E-state index in [9.17, 15) is 8.78 Å². The number of benzene rings is 1. The molecule has 76 valence electrons. The Morgan fingerprint density at radius 3 is 2.14 bits per heavy atom. The summed E-state index contributed by atoms with van der Waals surface area (Å²) in [4.78, 5) is 0. The van der Waals surface area contributed by atoms with Gasteiger partial charge in [-0.25, -0.2) is 0 Å². The lowest BCUT2D eigenvalue weighted by atomic mass is 9.88. The first-order chi connectivity index (χ1) is 6.61. The summed E-state index contributed by atoms with van der Waals surface area (Å²) in [5.41, 5.74) is 0.940. The third-order valence-corrected chi connectivity index (χ3v) is 2.21. The molecule has 0 spiro atoms. The SMILES string of the molecule is CC(C)C(C=C(F)F)c1ccccc1. The predicted octanol–water partition coefficient (Wildman–Crippen LogP) is 4.21. The molecule has 0 amide bonds. The Kier molecular flexibility index (Phi) is 3.81. The van der Waals surface area contributed by atoms with Gasteiger partial charge < -0.3 is 0 Å². The van der Waals surface area contributed by atoms with Crippen LogP contribution in [0.15, 0.2) is 42.5 Å². The molecule has 1 aromatic carbocycles. The van der Waals surface area contributed by atoms with Gasteiger partial charge in [-0.15, -0.1) is 0 Å². The largest absolute Gasteiger partial charge is 0.266 e. The molecule has 2 heteroatoms. The number of halogens is 2.